The van der Waals surface area contributed by atoms with Crippen molar-refractivity contribution in [1.29, 1.82) is 0 Å². The normalized spacial score (nSPS) is 11.3. The van der Waals surface area contributed by atoms with Crippen LogP contribution in [-0.2, 0) is 7.05 Å². The van der Waals surface area contributed by atoms with Crippen molar-refractivity contribution >= 4 is 10.9 Å². The summed E-state index contributed by atoms with van der Waals surface area (Å²) < 4.78 is 1.76. The number of fused-ring (bicyclic) bond motifs is 1. The highest BCUT2D eigenvalue weighted by molar-refractivity contribution is 5.81. The molecule has 0 N–H and O–H groups in total. The van der Waals surface area contributed by atoms with Gasteiger partial charge in [0.05, 0.1) is 0 Å². The zero-order chi connectivity index (χ0) is 11.9. The summed E-state index contributed by atoms with van der Waals surface area (Å²) in [4.78, 5) is 11.8. The first-order valence-corrected chi connectivity index (χ1v) is 5.48. The van der Waals surface area contributed by atoms with Crippen molar-refractivity contribution in [3.05, 3.63) is 39.7 Å². The second kappa shape index (κ2) is 3.74. The average molecular weight is 216 g/mol. The SMILES string of the molecule is Cc1c2cc(C(C)C)ccc(=O)c2nn1C. The lowest BCUT2D eigenvalue weighted by molar-refractivity contribution is 0.750. The first-order chi connectivity index (χ1) is 7.50. The Bertz CT molecular complexity index is 597. The van der Waals surface area contributed by atoms with E-state index < -0.39 is 0 Å². The molecule has 0 bridgehead atoms. The summed E-state index contributed by atoms with van der Waals surface area (Å²) in [5, 5.41) is 5.22. The van der Waals surface area contributed by atoms with Crippen molar-refractivity contribution in [1.82, 2.24) is 9.78 Å². The zero-order valence-electron chi connectivity index (χ0n) is 10.1. The molecule has 0 atom stereocenters. The fourth-order valence-electron chi connectivity index (χ4n) is 1.80. The minimum atomic E-state index is -0.00870. The Morgan fingerprint density at radius 2 is 2.00 bits per heavy atom. The van der Waals surface area contributed by atoms with E-state index in [1.807, 2.05) is 20.0 Å². The fraction of sp³-hybridized carbons (Fsp3) is 0.385. The van der Waals surface area contributed by atoms with Crippen LogP contribution in [0.5, 0.6) is 0 Å². The summed E-state index contributed by atoms with van der Waals surface area (Å²) in [5.41, 5.74) is 2.76. The Morgan fingerprint density at radius 3 is 2.62 bits per heavy atom. The van der Waals surface area contributed by atoms with Crippen LogP contribution in [0.1, 0.15) is 31.0 Å². The van der Waals surface area contributed by atoms with E-state index in [0.29, 0.717) is 11.4 Å². The summed E-state index contributed by atoms with van der Waals surface area (Å²) in [6.45, 7) is 6.23. The van der Waals surface area contributed by atoms with Crippen LogP contribution >= 0.6 is 0 Å². The Hall–Kier alpha value is -1.64. The van der Waals surface area contributed by atoms with Gasteiger partial charge in [-0.1, -0.05) is 19.9 Å². The molecule has 0 fully saturated rings. The van der Waals surface area contributed by atoms with Gasteiger partial charge >= 0.3 is 0 Å². The average Bonchev–Trinajstić information content (AvgIpc) is 2.42. The second-order valence-electron chi connectivity index (χ2n) is 4.47. The quantitative estimate of drug-likeness (QED) is 0.733. The van der Waals surface area contributed by atoms with Gasteiger partial charge in [0.2, 0.25) is 5.43 Å². The van der Waals surface area contributed by atoms with Crippen LogP contribution < -0.4 is 5.43 Å². The molecule has 0 aliphatic heterocycles. The first kappa shape index (κ1) is 10.9. The van der Waals surface area contributed by atoms with Crippen molar-refractivity contribution in [2.45, 2.75) is 26.7 Å². The Labute approximate surface area is 94.7 Å². The number of hydrogen-bond acceptors (Lipinski definition) is 2. The fourth-order valence-corrected chi connectivity index (χ4v) is 1.80. The Kier molecular flexibility index (Phi) is 2.54. The molecule has 1 heterocycles. The number of nitrogens with zero attached hydrogens (tertiary/aromatic N) is 2. The Balaban J connectivity index is 2.93. The van der Waals surface area contributed by atoms with Crippen molar-refractivity contribution in [2.24, 2.45) is 7.05 Å². The Morgan fingerprint density at radius 1 is 1.31 bits per heavy atom. The molecule has 1 aromatic heterocycles. The van der Waals surface area contributed by atoms with Gasteiger partial charge in [-0.2, -0.15) is 5.10 Å². The summed E-state index contributed by atoms with van der Waals surface area (Å²) in [6.07, 6.45) is 0. The monoisotopic (exact) mass is 216 g/mol. The summed E-state index contributed by atoms with van der Waals surface area (Å²) >= 11 is 0. The van der Waals surface area contributed by atoms with Crippen LogP contribution in [0, 0.1) is 6.92 Å². The van der Waals surface area contributed by atoms with Crippen LogP contribution in [0.2, 0.25) is 0 Å². The molecule has 0 radical (unpaired) electrons. The summed E-state index contributed by atoms with van der Waals surface area (Å²) in [5.74, 6) is 0.412. The van der Waals surface area contributed by atoms with Gasteiger partial charge in [0, 0.05) is 18.1 Å². The molecule has 3 nitrogen and oxygen atoms in total. The van der Waals surface area contributed by atoms with Gasteiger partial charge in [-0.05, 0) is 30.5 Å². The van der Waals surface area contributed by atoms with E-state index in [9.17, 15) is 4.79 Å². The minimum absolute atomic E-state index is 0.00870. The van der Waals surface area contributed by atoms with Crippen LogP contribution in [0.3, 0.4) is 0 Å². The molecule has 1 aromatic carbocycles. The number of aromatic nitrogens is 2. The van der Waals surface area contributed by atoms with E-state index >= 15 is 0 Å². The molecule has 3 heteroatoms. The third kappa shape index (κ3) is 1.62. The predicted octanol–water partition coefficient (Wildman–Crippen LogP) is 2.37. The number of aryl methyl sites for hydroxylation is 2. The van der Waals surface area contributed by atoms with Crippen LogP contribution in [0.4, 0.5) is 0 Å². The van der Waals surface area contributed by atoms with Crippen LogP contribution in [0.25, 0.3) is 10.9 Å². The van der Waals surface area contributed by atoms with Gasteiger partial charge in [-0.25, -0.2) is 0 Å². The molecule has 0 amide bonds. The molecule has 0 unspecified atom stereocenters. The predicted molar refractivity (Wildman–Crippen MR) is 65.8 cm³/mol. The summed E-state index contributed by atoms with van der Waals surface area (Å²) in [6, 6.07) is 5.59. The molecule has 84 valence electrons. The topological polar surface area (TPSA) is 34.9 Å². The van der Waals surface area contributed by atoms with Crippen molar-refractivity contribution in [3.63, 3.8) is 0 Å². The maximum atomic E-state index is 11.8. The minimum Gasteiger partial charge on any atom is -0.287 e. The molecule has 2 aromatic rings. The molecular weight excluding hydrogens is 200 g/mol. The van der Waals surface area contributed by atoms with E-state index in [4.69, 9.17) is 0 Å². The smallest absolute Gasteiger partial charge is 0.206 e. The van der Waals surface area contributed by atoms with Crippen molar-refractivity contribution in [3.8, 4) is 0 Å². The molecule has 0 saturated heterocycles. The molecule has 2 rings (SSSR count). The molecule has 0 aliphatic carbocycles. The van der Waals surface area contributed by atoms with Gasteiger partial charge < -0.3 is 0 Å². The zero-order valence-corrected chi connectivity index (χ0v) is 10.1. The molecule has 0 aliphatic rings. The van der Waals surface area contributed by atoms with Gasteiger partial charge in [0.25, 0.3) is 0 Å². The standard InChI is InChI=1S/C13H16N2O/c1-8(2)10-5-6-12(16)13-11(7-10)9(3)15(4)14-13/h5-8H,1-4H3. The highest BCUT2D eigenvalue weighted by atomic mass is 16.1. The largest absolute Gasteiger partial charge is 0.287 e. The first-order valence-electron chi connectivity index (χ1n) is 5.48. The van der Waals surface area contributed by atoms with E-state index in [-0.39, 0.29) is 5.43 Å². The van der Waals surface area contributed by atoms with Gasteiger partial charge in [-0.3, -0.25) is 9.48 Å². The van der Waals surface area contributed by atoms with Crippen LogP contribution in [0.15, 0.2) is 23.0 Å². The lowest BCUT2D eigenvalue weighted by Gasteiger charge is -2.01. The highest BCUT2D eigenvalue weighted by Crippen LogP contribution is 2.19. The maximum absolute atomic E-state index is 11.8. The third-order valence-electron chi connectivity index (χ3n) is 3.02. The van der Waals surface area contributed by atoms with Gasteiger partial charge in [0.1, 0.15) is 5.52 Å². The third-order valence-corrected chi connectivity index (χ3v) is 3.02. The lowest BCUT2D eigenvalue weighted by Crippen LogP contribution is -1.97. The molecule has 0 saturated carbocycles. The maximum Gasteiger partial charge on any atom is 0.206 e. The second-order valence-corrected chi connectivity index (χ2v) is 4.47. The van der Waals surface area contributed by atoms with E-state index in [2.05, 4.69) is 25.0 Å². The van der Waals surface area contributed by atoms with Crippen LogP contribution in [-0.4, -0.2) is 9.78 Å². The van der Waals surface area contributed by atoms with Gasteiger partial charge in [-0.15, -0.1) is 0 Å². The number of rotatable bonds is 1. The van der Waals surface area contributed by atoms with Crippen molar-refractivity contribution in [2.75, 3.05) is 0 Å². The highest BCUT2D eigenvalue weighted by Gasteiger charge is 2.08. The lowest BCUT2D eigenvalue weighted by atomic mass is 10.0. The molecule has 16 heavy (non-hydrogen) atoms. The van der Waals surface area contributed by atoms with Crippen molar-refractivity contribution < 1.29 is 0 Å². The van der Waals surface area contributed by atoms with E-state index in [0.717, 1.165) is 11.1 Å². The number of hydrogen-bond donors (Lipinski definition) is 0. The van der Waals surface area contributed by atoms with E-state index in [1.165, 1.54) is 5.56 Å². The summed E-state index contributed by atoms with van der Waals surface area (Å²) in [7, 11) is 1.86. The van der Waals surface area contributed by atoms with Gasteiger partial charge in [0.15, 0.2) is 0 Å². The molecular formula is C13H16N2O. The molecule has 0 spiro atoms. The van der Waals surface area contributed by atoms with E-state index in [1.54, 1.807) is 10.7 Å².